The number of aromatic nitrogens is 1. The van der Waals surface area contributed by atoms with Crippen molar-refractivity contribution >= 4 is 12.2 Å². The molecule has 0 saturated heterocycles. The van der Waals surface area contributed by atoms with Gasteiger partial charge in [-0.1, -0.05) is 18.2 Å². The van der Waals surface area contributed by atoms with E-state index in [1.165, 1.54) is 5.56 Å². The van der Waals surface area contributed by atoms with Crippen LogP contribution in [0.1, 0.15) is 24.0 Å². The second-order valence-corrected chi connectivity index (χ2v) is 9.06. The molecule has 0 aliphatic rings. The average Bonchev–Trinajstić information content (AvgIpc) is 2.68. The largest absolute Gasteiger partial charge is 0.490 e. The van der Waals surface area contributed by atoms with Gasteiger partial charge in [0, 0.05) is 25.1 Å². The SMILES string of the molecule is CN(C)CCCOc1cc(/C=C/c2cc[n+](C)cc2)ccc1OCCC[N+](C)(C)C. The normalized spacial score (nSPS) is 12.0. The zero-order valence-electron chi connectivity index (χ0n) is 19.6. The van der Waals surface area contributed by atoms with Gasteiger partial charge in [0.2, 0.25) is 0 Å². The molecule has 1 aromatic carbocycles. The minimum absolute atomic E-state index is 0.676. The van der Waals surface area contributed by atoms with Crippen molar-refractivity contribution in [1.82, 2.24) is 4.90 Å². The Balaban J connectivity index is 2.05. The van der Waals surface area contributed by atoms with Gasteiger partial charge in [0.15, 0.2) is 23.9 Å². The highest BCUT2D eigenvalue weighted by Gasteiger charge is 2.09. The van der Waals surface area contributed by atoms with E-state index in [1.807, 2.05) is 30.1 Å². The molecule has 0 amide bonds. The predicted octanol–water partition coefficient (Wildman–Crippen LogP) is 3.49. The smallest absolute Gasteiger partial charge is 0.169 e. The molecule has 0 atom stereocenters. The van der Waals surface area contributed by atoms with Gasteiger partial charge < -0.3 is 18.9 Å². The number of quaternary nitrogens is 1. The molecular weight excluding hydrogens is 374 g/mol. The van der Waals surface area contributed by atoms with Crippen molar-refractivity contribution in [2.24, 2.45) is 7.05 Å². The van der Waals surface area contributed by atoms with Crippen molar-refractivity contribution in [1.29, 1.82) is 0 Å². The topological polar surface area (TPSA) is 25.6 Å². The van der Waals surface area contributed by atoms with Gasteiger partial charge in [-0.25, -0.2) is 4.57 Å². The van der Waals surface area contributed by atoms with Crippen LogP contribution in [0.3, 0.4) is 0 Å². The summed E-state index contributed by atoms with van der Waals surface area (Å²) in [7, 11) is 12.8. The lowest BCUT2D eigenvalue weighted by Crippen LogP contribution is -2.35. The second kappa shape index (κ2) is 11.7. The monoisotopic (exact) mass is 413 g/mol. The molecule has 2 rings (SSSR count). The molecule has 0 spiro atoms. The van der Waals surface area contributed by atoms with E-state index in [0.29, 0.717) is 13.2 Å². The molecule has 0 aliphatic heterocycles. The number of hydrogen-bond donors (Lipinski definition) is 0. The molecule has 164 valence electrons. The van der Waals surface area contributed by atoms with Gasteiger partial charge in [-0.15, -0.1) is 0 Å². The average molecular weight is 414 g/mol. The van der Waals surface area contributed by atoms with E-state index in [-0.39, 0.29) is 0 Å². The van der Waals surface area contributed by atoms with Gasteiger partial charge in [-0.2, -0.15) is 0 Å². The lowest BCUT2D eigenvalue weighted by Gasteiger charge is -2.23. The highest BCUT2D eigenvalue weighted by Crippen LogP contribution is 2.29. The fourth-order valence-electron chi connectivity index (χ4n) is 2.96. The van der Waals surface area contributed by atoms with E-state index >= 15 is 0 Å². The van der Waals surface area contributed by atoms with E-state index in [2.05, 4.69) is 76.6 Å². The standard InChI is InChI=1S/C25H39N3O2/c1-26(2)15-7-19-30-25-21-23(10-9-22-13-16-27(3)17-14-22)11-12-24(25)29-20-8-18-28(4,5)6/h9-14,16-17,21H,7-8,15,18-20H2,1-6H3/q+2/b10-9+. The maximum absolute atomic E-state index is 6.10. The van der Waals surface area contributed by atoms with Crippen LogP contribution in [0.15, 0.2) is 42.7 Å². The molecule has 1 aromatic heterocycles. The van der Waals surface area contributed by atoms with Crippen LogP contribution in [0, 0.1) is 0 Å². The number of ether oxygens (including phenoxy) is 2. The molecule has 0 aliphatic carbocycles. The Labute approximate surface area is 182 Å². The number of benzene rings is 1. The maximum atomic E-state index is 6.10. The maximum Gasteiger partial charge on any atom is 0.169 e. The van der Waals surface area contributed by atoms with Crippen molar-refractivity contribution in [3.8, 4) is 11.5 Å². The first-order chi connectivity index (χ1) is 14.2. The Hall–Kier alpha value is -2.37. The van der Waals surface area contributed by atoms with E-state index in [9.17, 15) is 0 Å². The fourth-order valence-corrected chi connectivity index (χ4v) is 2.96. The van der Waals surface area contributed by atoms with Crippen LogP contribution in [0.25, 0.3) is 12.2 Å². The number of aryl methyl sites for hydroxylation is 1. The first-order valence-corrected chi connectivity index (χ1v) is 10.7. The summed E-state index contributed by atoms with van der Waals surface area (Å²) < 4.78 is 15.1. The van der Waals surface area contributed by atoms with Crippen LogP contribution in [0.5, 0.6) is 11.5 Å². The zero-order valence-corrected chi connectivity index (χ0v) is 19.6. The summed E-state index contributed by atoms with van der Waals surface area (Å²) in [4.78, 5) is 2.17. The quantitative estimate of drug-likeness (QED) is 0.303. The van der Waals surface area contributed by atoms with Crippen LogP contribution in [-0.4, -0.2) is 70.9 Å². The molecule has 0 radical (unpaired) electrons. The summed E-state index contributed by atoms with van der Waals surface area (Å²) in [5.41, 5.74) is 2.27. The Morgan fingerprint density at radius 3 is 2.17 bits per heavy atom. The molecule has 30 heavy (non-hydrogen) atoms. The van der Waals surface area contributed by atoms with Crippen molar-refractivity contribution < 1.29 is 18.5 Å². The third-order valence-electron chi connectivity index (χ3n) is 4.68. The third kappa shape index (κ3) is 9.42. The van der Waals surface area contributed by atoms with E-state index < -0.39 is 0 Å². The van der Waals surface area contributed by atoms with Crippen molar-refractivity contribution in [3.63, 3.8) is 0 Å². The molecular formula is C25H39N3O2+2. The van der Waals surface area contributed by atoms with Crippen molar-refractivity contribution in [3.05, 3.63) is 53.9 Å². The summed E-state index contributed by atoms with van der Waals surface area (Å²) in [6.45, 7) is 3.45. The summed E-state index contributed by atoms with van der Waals surface area (Å²) >= 11 is 0. The lowest BCUT2D eigenvalue weighted by molar-refractivity contribution is -0.870. The summed E-state index contributed by atoms with van der Waals surface area (Å²) in [5, 5.41) is 0. The molecule has 0 unspecified atom stereocenters. The van der Waals surface area contributed by atoms with E-state index in [4.69, 9.17) is 9.47 Å². The Morgan fingerprint density at radius 1 is 0.867 bits per heavy atom. The Morgan fingerprint density at radius 2 is 1.50 bits per heavy atom. The van der Waals surface area contributed by atoms with Crippen LogP contribution < -0.4 is 14.0 Å². The van der Waals surface area contributed by atoms with Crippen LogP contribution in [0.2, 0.25) is 0 Å². The number of nitrogens with zero attached hydrogens (tertiary/aromatic N) is 3. The highest BCUT2D eigenvalue weighted by molar-refractivity contribution is 5.70. The number of pyridine rings is 1. The van der Waals surface area contributed by atoms with Gasteiger partial charge in [0.1, 0.15) is 7.05 Å². The Kier molecular flexibility index (Phi) is 9.34. The first-order valence-electron chi connectivity index (χ1n) is 10.7. The molecule has 1 heterocycles. The minimum atomic E-state index is 0.676. The van der Waals surface area contributed by atoms with Crippen LogP contribution in [-0.2, 0) is 7.05 Å². The van der Waals surface area contributed by atoms with Gasteiger partial charge in [0.05, 0.1) is 40.9 Å². The molecule has 5 heteroatoms. The van der Waals surface area contributed by atoms with Crippen LogP contribution >= 0.6 is 0 Å². The zero-order chi connectivity index (χ0) is 22.0. The summed E-state index contributed by atoms with van der Waals surface area (Å²) in [6, 6.07) is 10.4. The molecule has 0 N–H and O–H groups in total. The molecule has 0 fully saturated rings. The predicted molar refractivity (Wildman–Crippen MR) is 125 cm³/mol. The summed E-state index contributed by atoms with van der Waals surface area (Å²) in [6.07, 6.45) is 10.3. The number of rotatable bonds is 12. The first kappa shape index (κ1) is 23.9. The van der Waals surface area contributed by atoms with E-state index in [1.54, 1.807) is 0 Å². The van der Waals surface area contributed by atoms with Gasteiger partial charge in [-0.3, -0.25) is 0 Å². The Bertz CT molecular complexity index is 793. The minimum Gasteiger partial charge on any atom is -0.490 e. The van der Waals surface area contributed by atoms with Crippen molar-refractivity contribution in [2.45, 2.75) is 12.8 Å². The van der Waals surface area contributed by atoms with Gasteiger partial charge in [0.25, 0.3) is 0 Å². The van der Waals surface area contributed by atoms with Gasteiger partial charge in [-0.05, 0) is 43.8 Å². The van der Waals surface area contributed by atoms with Gasteiger partial charge >= 0.3 is 0 Å². The number of hydrogen-bond acceptors (Lipinski definition) is 3. The van der Waals surface area contributed by atoms with E-state index in [0.717, 1.165) is 47.5 Å². The highest BCUT2D eigenvalue weighted by atomic mass is 16.5. The van der Waals surface area contributed by atoms with Crippen LogP contribution in [0.4, 0.5) is 0 Å². The molecule has 0 bridgehead atoms. The lowest BCUT2D eigenvalue weighted by atomic mass is 10.1. The fraction of sp³-hybridized carbons (Fsp3) is 0.480. The molecule has 5 nitrogen and oxygen atoms in total. The molecule has 0 saturated carbocycles. The van der Waals surface area contributed by atoms with Crippen molar-refractivity contribution in [2.75, 3.05) is 61.5 Å². The molecule has 2 aromatic rings. The third-order valence-corrected chi connectivity index (χ3v) is 4.68. The second-order valence-electron chi connectivity index (χ2n) is 9.06. The summed E-state index contributed by atoms with van der Waals surface area (Å²) in [5.74, 6) is 1.64.